The van der Waals surface area contributed by atoms with Crippen molar-refractivity contribution in [2.75, 3.05) is 51.9 Å². The molecular weight excluding hydrogens is 396 g/mol. The van der Waals surface area contributed by atoms with Crippen LogP contribution in [-0.4, -0.2) is 58.4 Å². The van der Waals surface area contributed by atoms with Gasteiger partial charge in [0.05, 0.1) is 13.6 Å². The number of likely N-dealkylation sites (N-methyl/N-ethyl adjacent to an activating group) is 1. The van der Waals surface area contributed by atoms with Gasteiger partial charge >= 0.3 is 11.8 Å². The Hall–Kier alpha value is -3.10. The zero-order valence-electron chi connectivity index (χ0n) is 18.0. The van der Waals surface area contributed by atoms with Crippen LogP contribution in [-0.2, 0) is 9.59 Å². The van der Waals surface area contributed by atoms with Crippen molar-refractivity contribution in [2.24, 2.45) is 0 Å². The zero-order valence-corrected chi connectivity index (χ0v) is 18.0. The van der Waals surface area contributed by atoms with Crippen molar-refractivity contribution in [1.82, 2.24) is 5.32 Å². The summed E-state index contributed by atoms with van der Waals surface area (Å²) in [4.78, 5) is 27.9. The molecule has 8 heteroatoms. The highest BCUT2D eigenvalue weighted by atomic mass is 16.7. The minimum atomic E-state index is -0.695. The Morgan fingerprint density at radius 1 is 0.968 bits per heavy atom. The Morgan fingerprint density at radius 2 is 1.68 bits per heavy atom. The van der Waals surface area contributed by atoms with Gasteiger partial charge in [-0.05, 0) is 19.1 Å². The number of hydrogen-bond donors (Lipinski definition) is 4. The summed E-state index contributed by atoms with van der Waals surface area (Å²) >= 11 is 0. The molecule has 0 aromatic heterocycles. The van der Waals surface area contributed by atoms with Crippen LogP contribution in [0.25, 0.3) is 0 Å². The maximum absolute atomic E-state index is 12.5. The predicted molar refractivity (Wildman–Crippen MR) is 115 cm³/mol. The number of rotatable bonds is 5. The van der Waals surface area contributed by atoms with Crippen LogP contribution in [0.4, 0.5) is 5.69 Å². The number of ether oxygens (including phenoxy) is 2. The molecular formula is C23H30N4O4+2. The number of nitrogens with one attached hydrogen (secondary N) is 4. The molecule has 0 aliphatic carbocycles. The van der Waals surface area contributed by atoms with Gasteiger partial charge in [-0.1, -0.05) is 29.8 Å². The summed E-state index contributed by atoms with van der Waals surface area (Å²) in [5.41, 5.74) is 2.87. The van der Waals surface area contributed by atoms with E-state index >= 15 is 0 Å². The Kier molecular flexibility index (Phi) is 6.39. The quantitative estimate of drug-likeness (QED) is 0.459. The van der Waals surface area contributed by atoms with Crippen molar-refractivity contribution in [3.8, 4) is 11.5 Å². The highest BCUT2D eigenvalue weighted by molar-refractivity contribution is 6.39. The molecule has 164 valence electrons. The molecule has 0 radical (unpaired) electrons. The maximum atomic E-state index is 12.5. The van der Waals surface area contributed by atoms with Crippen molar-refractivity contribution in [3.63, 3.8) is 0 Å². The Labute approximate surface area is 182 Å². The molecule has 2 aliphatic rings. The minimum Gasteiger partial charge on any atom is -0.454 e. The second-order valence-electron chi connectivity index (χ2n) is 8.31. The van der Waals surface area contributed by atoms with Crippen LogP contribution >= 0.6 is 0 Å². The average Bonchev–Trinajstić information content (AvgIpc) is 3.24. The minimum absolute atomic E-state index is 0.107. The van der Waals surface area contributed by atoms with Gasteiger partial charge in [0.25, 0.3) is 0 Å². The third-order valence-corrected chi connectivity index (χ3v) is 6.02. The van der Waals surface area contributed by atoms with Crippen molar-refractivity contribution < 1.29 is 28.9 Å². The summed E-state index contributed by atoms with van der Waals surface area (Å²) in [6.07, 6.45) is 0. The largest absolute Gasteiger partial charge is 0.454 e. The summed E-state index contributed by atoms with van der Waals surface area (Å²) in [5, 5.41) is 5.47. The van der Waals surface area contributed by atoms with Gasteiger partial charge in [0.1, 0.15) is 32.2 Å². The third kappa shape index (κ3) is 5.15. The fourth-order valence-corrected chi connectivity index (χ4v) is 4.08. The molecule has 1 fully saturated rings. The highest BCUT2D eigenvalue weighted by Crippen LogP contribution is 2.34. The van der Waals surface area contributed by atoms with Gasteiger partial charge in [0, 0.05) is 17.3 Å². The van der Waals surface area contributed by atoms with E-state index in [2.05, 4.69) is 48.9 Å². The first-order valence-electron chi connectivity index (χ1n) is 10.7. The van der Waals surface area contributed by atoms with Crippen molar-refractivity contribution in [2.45, 2.75) is 13.0 Å². The Bertz CT molecular complexity index is 939. The van der Waals surface area contributed by atoms with E-state index in [1.807, 2.05) is 0 Å². The fourth-order valence-electron chi connectivity index (χ4n) is 4.08. The molecule has 2 aromatic carbocycles. The maximum Gasteiger partial charge on any atom is 0.313 e. The predicted octanol–water partition coefficient (Wildman–Crippen LogP) is -1.07. The molecule has 2 aromatic rings. The van der Waals surface area contributed by atoms with Gasteiger partial charge in [-0.15, -0.1) is 0 Å². The van der Waals surface area contributed by atoms with E-state index in [1.54, 1.807) is 18.2 Å². The molecule has 0 bridgehead atoms. The molecule has 2 heterocycles. The van der Waals surface area contributed by atoms with Crippen molar-refractivity contribution in [3.05, 3.63) is 53.6 Å². The molecule has 4 rings (SSSR count). The number of aryl methyl sites for hydroxylation is 1. The summed E-state index contributed by atoms with van der Waals surface area (Å²) in [6.45, 7) is 6.88. The number of benzene rings is 2. The summed E-state index contributed by atoms with van der Waals surface area (Å²) in [7, 11) is 2.21. The van der Waals surface area contributed by atoms with Gasteiger partial charge in [-0.3, -0.25) is 9.59 Å². The van der Waals surface area contributed by atoms with Crippen LogP contribution in [0.15, 0.2) is 42.5 Å². The number of anilines is 1. The molecule has 2 amide bonds. The van der Waals surface area contributed by atoms with E-state index in [4.69, 9.17) is 9.47 Å². The molecule has 0 spiro atoms. The Morgan fingerprint density at radius 3 is 2.42 bits per heavy atom. The topological polar surface area (TPSA) is 85.5 Å². The van der Waals surface area contributed by atoms with E-state index in [0.29, 0.717) is 23.7 Å². The van der Waals surface area contributed by atoms with Crippen LogP contribution in [0.1, 0.15) is 17.2 Å². The standard InChI is InChI=1S/C23H28N4O4/c1-16-3-5-17(6-4-16)19(27-11-9-26(2)10-12-27)14-24-22(28)23(29)25-18-7-8-20-21(13-18)31-15-30-20/h3-8,13,19H,9-12,14-15H2,1-2H3,(H,24,28)(H,25,29)/p+2/t19-/m0/s1. The van der Waals surface area contributed by atoms with E-state index in [9.17, 15) is 9.59 Å². The molecule has 0 unspecified atom stereocenters. The number of amides is 2. The smallest absolute Gasteiger partial charge is 0.313 e. The average molecular weight is 427 g/mol. The lowest BCUT2D eigenvalue weighted by Gasteiger charge is -2.33. The molecule has 31 heavy (non-hydrogen) atoms. The Balaban J connectivity index is 1.39. The van der Waals surface area contributed by atoms with Crippen LogP contribution in [0, 0.1) is 6.92 Å². The van der Waals surface area contributed by atoms with Gasteiger partial charge in [0.15, 0.2) is 11.5 Å². The lowest BCUT2D eigenvalue weighted by atomic mass is 10.0. The first kappa shape index (κ1) is 21.1. The lowest BCUT2D eigenvalue weighted by molar-refractivity contribution is -1.02. The van der Waals surface area contributed by atoms with Crippen LogP contribution < -0.4 is 29.9 Å². The molecule has 2 aliphatic heterocycles. The first-order chi connectivity index (χ1) is 15.0. The fraction of sp³-hybridized carbons (Fsp3) is 0.391. The van der Waals surface area contributed by atoms with E-state index < -0.39 is 11.8 Å². The lowest BCUT2D eigenvalue weighted by Crippen LogP contribution is -3.27. The monoisotopic (exact) mass is 426 g/mol. The number of carbonyl (C=O) groups is 2. The van der Waals surface area contributed by atoms with Crippen LogP contribution in [0.2, 0.25) is 0 Å². The molecule has 1 saturated heterocycles. The van der Waals surface area contributed by atoms with Gasteiger partial charge in [-0.25, -0.2) is 0 Å². The van der Waals surface area contributed by atoms with Crippen molar-refractivity contribution in [1.29, 1.82) is 0 Å². The van der Waals surface area contributed by atoms with E-state index in [1.165, 1.54) is 20.9 Å². The SMILES string of the molecule is Cc1ccc([C@H](CNC(=O)C(=O)Nc2ccc3c(c2)OCO3)[NH+]2CC[NH+](C)CC2)cc1. The van der Waals surface area contributed by atoms with E-state index in [0.717, 1.165) is 26.2 Å². The molecule has 8 nitrogen and oxygen atoms in total. The van der Waals surface area contributed by atoms with Gasteiger partial charge < -0.3 is 29.9 Å². The highest BCUT2D eigenvalue weighted by Gasteiger charge is 2.30. The summed E-state index contributed by atoms with van der Waals surface area (Å²) in [5.74, 6) is -0.160. The first-order valence-corrected chi connectivity index (χ1v) is 10.7. The van der Waals surface area contributed by atoms with Crippen LogP contribution in [0.5, 0.6) is 11.5 Å². The van der Waals surface area contributed by atoms with Crippen molar-refractivity contribution >= 4 is 17.5 Å². The normalized spacial score (nSPS) is 20.7. The molecule has 4 N–H and O–H groups in total. The van der Waals surface area contributed by atoms with Crippen LogP contribution in [0.3, 0.4) is 0 Å². The van der Waals surface area contributed by atoms with E-state index in [-0.39, 0.29) is 12.8 Å². The number of carbonyl (C=O) groups excluding carboxylic acids is 2. The summed E-state index contributed by atoms with van der Waals surface area (Å²) < 4.78 is 10.6. The zero-order chi connectivity index (χ0) is 21.8. The number of hydrogen-bond acceptors (Lipinski definition) is 4. The van der Waals surface area contributed by atoms with Gasteiger partial charge in [0.2, 0.25) is 6.79 Å². The number of piperazine rings is 1. The number of quaternary nitrogens is 2. The summed E-state index contributed by atoms with van der Waals surface area (Å²) in [6, 6.07) is 13.6. The molecule has 0 saturated carbocycles. The second kappa shape index (κ2) is 9.36. The molecule has 1 atom stereocenters. The second-order valence-corrected chi connectivity index (χ2v) is 8.31. The third-order valence-electron chi connectivity index (χ3n) is 6.02. The number of fused-ring (bicyclic) bond motifs is 1. The van der Waals surface area contributed by atoms with Gasteiger partial charge in [-0.2, -0.15) is 0 Å².